The van der Waals surface area contributed by atoms with Crippen LogP contribution in [0.1, 0.15) is 24.8 Å². The van der Waals surface area contributed by atoms with Crippen molar-refractivity contribution in [2.75, 3.05) is 19.7 Å². The maximum atomic E-state index is 12.5. The number of aromatic nitrogens is 1. The molecule has 1 N–H and O–H groups in total. The molecule has 0 spiro atoms. The third kappa shape index (κ3) is 3.00. The Morgan fingerprint density at radius 2 is 2.00 bits per heavy atom. The monoisotopic (exact) mass is 365 g/mol. The van der Waals surface area contributed by atoms with Crippen molar-refractivity contribution >= 4 is 11.8 Å². The SMILES string of the molecule is CCC(=O)N1CC(=O)N2[C@H](C1)[C@@H](c1ccc(-c3cccnc3)cc1)[C@@H]2CO. The molecule has 6 nitrogen and oxygen atoms in total. The van der Waals surface area contributed by atoms with Gasteiger partial charge in [0.05, 0.1) is 25.2 Å². The van der Waals surface area contributed by atoms with Gasteiger partial charge in [-0.25, -0.2) is 0 Å². The summed E-state index contributed by atoms with van der Waals surface area (Å²) < 4.78 is 0. The summed E-state index contributed by atoms with van der Waals surface area (Å²) in [6.07, 6.45) is 3.97. The van der Waals surface area contributed by atoms with E-state index in [4.69, 9.17) is 0 Å². The van der Waals surface area contributed by atoms with Crippen molar-refractivity contribution in [1.82, 2.24) is 14.8 Å². The molecule has 1 aromatic heterocycles. The van der Waals surface area contributed by atoms with E-state index in [-0.39, 0.29) is 43.0 Å². The van der Waals surface area contributed by atoms with Crippen LogP contribution in [0.15, 0.2) is 48.8 Å². The summed E-state index contributed by atoms with van der Waals surface area (Å²) in [4.78, 5) is 32.1. The molecule has 0 aliphatic carbocycles. The van der Waals surface area contributed by atoms with Gasteiger partial charge in [0.15, 0.2) is 0 Å². The van der Waals surface area contributed by atoms with Crippen LogP contribution in [0, 0.1) is 0 Å². The van der Waals surface area contributed by atoms with Crippen LogP contribution in [-0.4, -0.2) is 63.5 Å². The molecule has 2 aliphatic heterocycles. The first-order valence-electron chi connectivity index (χ1n) is 9.34. The van der Waals surface area contributed by atoms with Crippen LogP contribution >= 0.6 is 0 Å². The Morgan fingerprint density at radius 1 is 1.22 bits per heavy atom. The first-order chi connectivity index (χ1) is 13.1. The second kappa shape index (κ2) is 7.12. The van der Waals surface area contributed by atoms with Crippen molar-refractivity contribution in [2.45, 2.75) is 31.3 Å². The number of carbonyl (C=O) groups is 2. The molecule has 2 fully saturated rings. The highest BCUT2D eigenvalue weighted by Gasteiger charge is 2.54. The number of piperazine rings is 1. The third-order valence-corrected chi connectivity index (χ3v) is 5.70. The van der Waals surface area contributed by atoms with Gasteiger partial charge in [-0.05, 0) is 22.8 Å². The molecular formula is C21H23N3O3. The highest BCUT2D eigenvalue weighted by Crippen LogP contribution is 2.43. The number of carbonyl (C=O) groups excluding carboxylic acids is 2. The summed E-state index contributed by atoms with van der Waals surface area (Å²) >= 11 is 0. The zero-order valence-electron chi connectivity index (χ0n) is 15.3. The Hall–Kier alpha value is -2.73. The van der Waals surface area contributed by atoms with Crippen LogP contribution in [0.5, 0.6) is 0 Å². The zero-order chi connectivity index (χ0) is 19.0. The average Bonchev–Trinajstić information content (AvgIpc) is 2.70. The molecule has 3 heterocycles. The Morgan fingerprint density at radius 3 is 2.63 bits per heavy atom. The van der Waals surface area contributed by atoms with Crippen molar-refractivity contribution in [2.24, 2.45) is 0 Å². The quantitative estimate of drug-likeness (QED) is 0.894. The van der Waals surface area contributed by atoms with Gasteiger partial charge in [-0.15, -0.1) is 0 Å². The fourth-order valence-electron chi connectivity index (χ4n) is 4.34. The molecule has 6 heteroatoms. The Bertz CT molecular complexity index is 838. The van der Waals surface area contributed by atoms with Crippen molar-refractivity contribution in [1.29, 1.82) is 0 Å². The largest absolute Gasteiger partial charge is 0.394 e. The molecule has 0 saturated carbocycles. The standard InChI is InChI=1S/C21H23N3O3/c1-2-19(26)23-11-17-21(18(13-25)24(17)20(27)12-23)15-7-5-14(6-8-15)16-4-3-9-22-10-16/h3-10,17-18,21,25H,2,11-13H2,1H3/t17-,18+,21-/m1/s1. The summed E-state index contributed by atoms with van der Waals surface area (Å²) in [5.74, 6) is -0.0363. The van der Waals surface area contributed by atoms with Crippen LogP contribution < -0.4 is 0 Å². The van der Waals surface area contributed by atoms with E-state index < -0.39 is 0 Å². The van der Waals surface area contributed by atoms with Crippen LogP contribution in [0.2, 0.25) is 0 Å². The number of pyridine rings is 1. The fourth-order valence-corrected chi connectivity index (χ4v) is 4.34. The fraction of sp³-hybridized carbons (Fsp3) is 0.381. The lowest BCUT2D eigenvalue weighted by Crippen LogP contribution is -2.73. The lowest BCUT2D eigenvalue weighted by molar-refractivity contribution is -0.166. The van der Waals surface area contributed by atoms with E-state index in [9.17, 15) is 14.7 Å². The molecule has 2 saturated heterocycles. The smallest absolute Gasteiger partial charge is 0.242 e. The highest BCUT2D eigenvalue weighted by atomic mass is 16.3. The predicted molar refractivity (Wildman–Crippen MR) is 101 cm³/mol. The Balaban J connectivity index is 1.58. The normalized spacial score (nSPS) is 24.4. The summed E-state index contributed by atoms with van der Waals surface area (Å²) in [7, 11) is 0. The van der Waals surface area contributed by atoms with E-state index in [1.807, 2.05) is 37.4 Å². The van der Waals surface area contributed by atoms with Gasteiger partial charge in [0.1, 0.15) is 0 Å². The third-order valence-electron chi connectivity index (χ3n) is 5.70. The number of fused-ring (bicyclic) bond motifs is 1. The van der Waals surface area contributed by atoms with Gasteiger partial charge >= 0.3 is 0 Å². The van der Waals surface area contributed by atoms with Gasteiger partial charge in [-0.2, -0.15) is 0 Å². The minimum absolute atomic E-state index is 0.00104. The van der Waals surface area contributed by atoms with Crippen molar-refractivity contribution in [3.8, 4) is 11.1 Å². The van der Waals surface area contributed by atoms with E-state index >= 15 is 0 Å². The summed E-state index contributed by atoms with van der Waals surface area (Å²) in [5.41, 5.74) is 3.21. The van der Waals surface area contributed by atoms with Crippen LogP contribution in [-0.2, 0) is 9.59 Å². The minimum Gasteiger partial charge on any atom is -0.394 e. The van der Waals surface area contributed by atoms with Gasteiger partial charge in [-0.1, -0.05) is 37.3 Å². The number of benzene rings is 1. The number of hydrogen-bond donors (Lipinski definition) is 1. The maximum Gasteiger partial charge on any atom is 0.242 e. The van der Waals surface area contributed by atoms with E-state index in [1.165, 1.54) is 0 Å². The van der Waals surface area contributed by atoms with Crippen molar-refractivity contribution in [3.63, 3.8) is 0 Å². The molecule has 2 aliphatic rings. The number of aliphatic hydroxyl groups is 1. The first kappa shape index (κ1) is 17.7. The molecule has 2 amide bonds. The molecule has 4 rings (SSSR count). The van der Waals surface area contributed by atoms with Crippen LogP contribution in [0.25, 0.3) is 11.1 Å². The Kier molecular flexibility index (Phi) is 4.66. The topological polar surface area (TPSA) is 73.7 Å². The van der Waals surface area contributed by atoms with Gasteiger partial charge in [0, 0.05) is 31.3 Å². The highest BCUT2D eigenvalue weighted by molar-refractivity contribution is 5.87. The van der Waals surface area contributed by atoms with Gasteiger partial charge in [0.2, 0.25) is 11.8 Å². The zero-order valence-corrected chi connectivity index (χ0v) is 15.3. The lowest BCUT2D eigenvalue weighted by Gasteiger charge is -2.58. The van der Waals surface area contributed by atoms with E-state index in [1.54, 1.807) is 16.0 Å². The van der Waals surface area contributed by atoms with Gasteiger partial charge in [-0.3, -0.25) is 14.6 Å². The van der Waals surface area contributed by atoms with E-state index in [0.717, 1.165) is 16.7 Å². The predicted octanol–water partition coefficient (Wildman–Crippen LogP) is 1.66. The first-order valence-corrected chi connectivity index (χ1v) is 9.34. The number of nitrogens with zero attached hydrogens (tertiary/aromatic N) is 3. The lowest BCUT2D eigenvalue weighted by atomic mass is 9.73. The minimum atomic E-state index is -0.217. The number of amides is 2. The molecule has 0 bridgehead atoms. The molecule has 3 atom stereocenters. The molecule has 27 heavy (non-hydrogen) atoms. The van der Waals surface area contributed by atoms with E-state index in [2.05, 4.69) is 17.1 Å². The van der Waals surface area contributed by atoms with Gasteiger partial charge < -0.3 is 14.9 Å². The second-order valence-electron chi connectivity index (χ2n) is 7.14. The molecule has 0 radical (unpaired) electrons. The molecule has 1 aromatic carbocycles. The van der Waals surface area contributed by atoms with Crippen LogP contribution in [0.4, 0.5) is 0 Å². The van der Waals surface area contributed by atoms with Crippen molar-refractivity contribution in [3.05, 3.63) is 54.4 Å². The summed E-state index contributed by atoms with van der Waals surface area (Å²) in [6.45, 7) is 2.39. The summed E-state index contributed by atoms with van der Waals surface area (Å²) in [6, 6.07) is 11.8. The number of rotatable bonds is 4. The molecule has 2 aromatic rings. The molecular weight excluding hydrogens is 342 g/mol. The number of hydrogen-bond acceptors (Lipinski definition) is 4. The van der Waals surface area contributed by atoms with Crippen molar-refractivity contribution < 1.29 is 14.7 Å². The number of aliphatic hydroxyl groups excluding tert-OH is 1. The van der Waals surface area contributed by atoms with Gasteiger partial charge in [0.25, 0.3) is 0 Å². The average molecular weight is 365 g/mol. The molecule has 140 valence electrons. The Labute approximate surface area is 158 Å². The maximum absolute atomic E-state index is 12.5. The van der Waals surface area contributed by atoms with E-state index in [0.29, 0.717) is 13.0 Å². The summed E-state index contributed by atoms with van der Waals surface area (Å²) in [5, 5.41) is 9.85. The molecule has 0 unspecified atom stereocenters. The second-order valence-corrected chi connectivity index (χ2v) is 7.14. The van der Waals surface area contributed by atoms with Crippen LogP contribution in [0.3, 0.4) is 0 Å².